The molecule has 0 amide bonds. The van der Waals surface area contributed by atoms with Gasteiger partial charge in [0.1, 0.15) is 0 Å². The molecule has 0 aromatic rings. The fraction of sp³-hybridized carbons (Fsp3) is 1.00. The van der Waals surface area contributed by atoms with Gasteiger partial charge in [0, 0.05) is 0 Å². The predicted octanol–water partition coefficient (Wildman–Crippen LogP) is 3.62. The Morgan fingerprint density at radius 2 is 1.42 bits per heavy atom. The lowest BCUT2D eigenvalue weighted by Crippen LogP contribution is -2.37. The van der Waals surface area contributed by atoms with Gasteiger partial charge >= 0.3 is 0 Å². The summed E-state index contributed by atoms with van der Waals surface area (Å²) in [6.45, 7) is 12.8. The second-order valence-electron chi connectivity index (χ2n) is 7.17. The van der Waals surface area contributed by atoms with Crippen molar-refractivity contribution in [1.82, 2.24) is 9.80 Å². The molecule has 2 fully saturated rings. The first-order chi connectivity index (χ1) is 9.24. The van der Waals surface area contributed by atoms with Gasteiger partial charge in [-0.1, -0.05) is 20.3 Å². The first-order valence-electron chi connectivity index (χ1n) is 8.69. The lowest BCUT2D eigenvalue weighted by molar-refractivity contribution is 0.155. The predicted molar refractivity (Wildman–Crippen MR) is 83.5 cm³/mol. The average molecular weight is 266 g/mol. The van der Waals surface area contributed by atoms with E-state index in [1.54, 1.807) is 0 Å². The third-order valence-corrected chi connectivity index (χ3v) is 4.91. The normalized spacial score (nSPS) is 24.2. The van der Waals surface area contributed by atoms with Gasteiger partial charge in [-0.05, 0) is 89.6 Å². The summed E-state index contributed by atoms with van der Waals surface area (Å²) in [4.78, 5) is 5.38. The molecule has 0 bridgehead atoms. The first-order valence-corrected chi connectivity index (χ1v) is 8.69. The first kappa shape index (κ1) is 15.3. The minimum Gasteiger partial charge on any atom is -0.303 e. The van der Waals surface area contributed by atoms with Crippen molar-refractivity contribution < 1.29 is 0 Å². The highest BCUT2D eigenvalue weighted by Crippen LogP contribution is 2.24. The van der Waals surface area contributed by atoms with Gasteiger partial charge in [0.05, 0.1) is 0 Å². The third-order valence-electron chi connectivity index (χ3n) is 4.91. The molecular weight excluding hydrogens is 232 g/mol. The van der Waals surface area contributed by atoms with Crippen LogP contribution in [0, 0.1) is 11.8 Å². The molecule has 2 nitrogen and oxygen atoms in total. The maximum Gasteiger partial charge on any atom is -0.000654 e. The number of hydrogen-bond acceptors (Lipinski definition) is 2. The van der Waals surface area contributed by atoms with Crippen LogP contribution in [0.25, 0.3) is 0 Å². The van der Waals surface area contributed by atoms with Gasteiger partial charge in [-0.15, -0.1) is 0 Å². The van der Waals surface area contributed by atoms with E-state index >= 15 is 0 Å². The Balaban J connectivity index is 1.53. The van der Waals surface area contributed by atoms with E-state index in [1.165, 1.54) is 84.2 Å². The lowest BCUT2D eigenvalue weighted by atomic mass is 9.88. The van der Waals surface area contributed by atoms with Gasteiger partial charge in [-0.2, -0.15) is 0 Å². The van der Waals surface area contributed by atoms with Crippen molar-refractivity contribution in [2.45, 2.75) is 58.8 Å². The highest BCUT2D eigenvalue weighted by atomic mass is 15.1. The molecule has 2 saturated heterocycles. The fourth-order valence-corrected chi connectivity index (χ4v) is 3.81. The van der Waals surface area contributed by atoms with Crippen LogP contribution in [0.5, 0.6) is 0 Å². The summed E-state index contributed by atoms with van der Waals surface area (Å²) >= 11 is 0. The molecule has 19 heavy (non-hydrogen) atoms. The molecule has 2 heterocycles. The number of piperidine rings is 2. The average Bonchev–Trinajstić information content (AvgIpc) is 2.41. The van der Waals surface area contributed by atoms with E-state index in [1.807, 2.05) is 0 Å². The van der Waals surface area contributed by atoms with Gasteiger partial charge in [-0.3, -0.25) is 0 Å². The van der Waals surface area contributed by atoms with Gasteiger partial charge < -0.3 is 9.80 Å². The van der Waals surface area contributed by atoms with E-state index in [4.69, 9.17) is 0 Å². The fourth-order valence-electron chi connectivity index (χ4n) is 3.81. The molecule has 2 heteroatoms. The molecule has 0 aromatic heterocycles. The number of likely N-dealkylation sites (tertiary alicyclic amines) is 2. The Bertz CT molecular complexity index is 225. The second kappa shape index (κ2) is 8.26. The Hall–Kier alpha value is -0.0800. The van der Waals surface area contributed by atoms with E-state index in [-0.39, 0.29) is 0 Å². The molecule has 112 valence electrons. The maximum atomic E-state index is 2.71. The van der Waals surface area contributed by atoms with E-state index in [0.29, 0.717) is 0 Å². The molecule has 0 radical (unpaired) electrons. The zero-order valence-corrected chi connectivity index (χ0v) is 13.2. The van der Waals surface area contributed by atoms with Crippen molar-refractivity contribution in [2.75, 3.05) is 39.3 Å². The summed E-state index contributed by atoms with van der Waals surface area (Å²) in [5.74, 6) is 1.90. The van der Waals surface area contributed by atoms with Crippen LogP contribution in [-0.4, -0.2) is 49.1 Å². The van der Waals surface area contributed by atoms with Crippen LogP contribution in [0.1, 0.15) is 58.8 Å². The van der Waals surface area contributed by atoms with E-state index in [0.717, 1.165) is 11.8 Å². The van der Waals surface area contributed by atoms with E-state index < -0.39 is 0 Å². The largest absolute Gasteiger partial charge is 0.303 e. The van der Waals surface area contributed by atoms with E-state index in [9.17, 15) is 0 Å². The van der Waals surface area contributed by atoms with E-state index in [2.05, 4.69) is 23.6 Å². The van der Waals surface area contributed by atoms with Crippen molar-refractivity contribution in [1.29, 1.82) is 0 Å². The van der Waals surface area contributed by atoms with Gasteiger partial charge in [0.25, 0.3) is 0 Å². The van der Waals surface area contributed by atoms with Crippen molar-refractivity contribution in [3.05, 3.63) is 0 Å². The molecule has 2 aliphatic rings. The summed E-state index contributed by atoms with van der Waals surface area (Å²) in [7, 11) is 0. The topological polar surface area (TPSA) is 6.48 Å². The van der Waals surface area contributed by atoms with Gasteiger partial charge in [-0.25, -0.2) is 0 Å². The molecular formula is C17H34N2. The van der Waals surface area contributed by atoms with Gasteiger partial charge in [0.15, 0.2) is 0 Å². The van der Waals surface area contributed by atoms with Crippen molar-refractivity contribution in [3.63, 3.8) is 0 Å². The molecule has 0 N–H and O–H groups in total. The highest BCUT2D eigenvalue weighted by molar-refractivity contribution is 4.74. The quantitative estimate of drug-likeness (QED) is 0.724. The Kier molecular flexibility index (Phi) is 6.66. The zero-order chi connectivity index (χ0) is 13.5. The Morgan fingerprint density at radius 1 is 0.842 bits per heavy atom. The lowest BCUT2D eigenvalue weighted by Gasteiger charge is -2.33. The number of hydrogen-bond donors (Lipinski definition) is 0. The summed E-state index contributed by atoms with van der Waals surface area (Å²) in [5.41, 5.74) is 0. The Labute approximate surface area is 120 Å². The van der Waals surface area contributed by atoms with Crippen LogP contribution < -0.4 is 0 Å². The standard InChI is InChI=1S/C17H34N2/c1-16(2)15-17-7-13-19(14-8-17)12-6-11-18-9-4-3-5-10-18/h16-17H,3-15H2,1-2H3. The molecule has 0 unspecified atom stereocenters. The van der Waals surface area contributed by atoms with Crippen LogP contribution in [0.4, 0.5) is 0 Å². The van der Waals surface area contributed by atoms with Gasteiger partial charge in [0.2, 0.25) is 0 Å². The van der Waals surface area contributed by atoms with Crippen LogP contribution in [0.2, 0.25) is 0 Å². The maximum absolute atomic E-state index is 2.71. The minimum atomic E-state index is 0.885. The van der Waals surface area contributed by atoms with Crippen molar-refractivity contribution in [2.24, 2.45) is 11.8 Å². The second-order valence-corrected chi connectivity index (χ2v) is 7.17. The summed E-state index contributed by atoms with van der Waals surface area (Å²) < 4.78 is 0. The van der Waals surface area contributed by atoms with Crippen LogP contribution in [-0.2, 0) is 0 Å². The van der Waals surface area contributed by atoms with Crippen LogP contribution >= 0.6 is 0 Å². The minimum absolute atomic E-state index is 0.885. The van der Waals surface area contributed by atoms with Crippen LogP contribution in [0.3, 0.4) is 0 Å². The Morgan fingerprint density at radius 3 is 2.00 bits per heavy atom. The summed E-state index contributed by atoms with van der Waals surface area (Å²) in [5, 5.41) is 0. The third kappa shape index (κ3) is 5.83. The van der Waals surface area contributed by atoms with Crippen molar-refractivity contribution in [3.8, 4) is 0 Å². The smallest absolute Gasteiger partial charge is 0.000654 e. The SMILES string of the molecule is CC(C)CC1CCN(CCCN2CCCCC2)CC1. The van der Waals surface area contributed by atoms with Crippen LogP contribution in [0.15, 0.2) is 0 Å². The molecule has 0 saturated carbocycles. The molecule has 0 atom stereocenters. The highest BCUT2D eigenvalue weighted by Gasteiger charge is 2.19. The molecule has 0 aromatic carbocycles. The summed E-state index contributed by atoms with van der Waals surface area (Å²) in [6.07, 6.45) is 10.0. The number of rotatable bonds is 6. The zero-order valence-electron chi connectivity index (χ0n) is 13.2. The molecule has 2 aliphatic heterocycles. The monoisotopic (exact) mass is 266 g/mol. The molecule has 0 spiro atoms. The number of nitrogens with zero attached hydrogens (tertiary/aromatic N) is 2. The molecule has 0 aliphatic carbocycles. The summed E-state index contributed by atoms with van der Waals surface area (Å²) in [6, 6.07) is 0. The molecule has 2 rings (SSSR count). The van der Waals surface area contributed by atoms with Crippen molar-refractivity contribution >= 4 is 0 Å².